The first-order valence-corrected chi connectivity index (χ1v) is 4.77. The quantitative estimate of drug-likeness (QED) is 0.663. The molecule has 0 saturated heterocycles. The van der Waals surface area contributed by atoms with Gasteiger partial charge in [0.25, 0.3) is 0 Å². The molecular formula is C12H20O2. The number of aliphatic hydroxyl groups excluding tert-OH is 1. The van der Waals surface area contributed by atoms with Crippen molar-refractivity contribution in [1.29, 1.82) is 0 Å². The SMILES string of the molecule is C=CC(C)(C)CC(=O)CC(O)C(=C)C. The summed E-state index contributed by atoms with van der Waals surface area (Å²) in [5.41, 5.74) is 0.445. The number of hydrogen-bond acceptors (Lipinski definition) is 2. The van der Waals surface area contributed by atoms with Gasteiger partial charge in [-0.25, -0.2) is 0 Å². The molecule has 14 heavy (non-hydrogen) atoms. The van der Waals surface area contributed by atoms with Crippen molar-refractivity contribution < 1.29 is 9.90 Å². The Morgan fingerprint density at radius 2 is 2.07 bits per heavy atom. The molecule has 80 valence electrons. The van der Waals surface area contributed by atoms with E-state index in [4.69, 9.17) is 0 Å². The van der Waals surface area contributed by atoms with Gasteiger partial charge in [-0.1, -0.05) is 32.1 Å². The molecule has 1 atom stereocenters. The second-order valence-electron chi connectivity index (χ2n) is 4.47. The fourth-order valence-corrected chi connectivity index (χ4v) is 1.04. The molecule has 0 aliphatic heterocycles. The van der Waals surface area contributed by atoms with Crippen molar-refractivity contribution in [3.05, 3.63) is 24.8 Å². The standard InChI is InChI=1S/C12H20O2/c1-6-12(4,5)8-10(13)7-11(14)9(2)3/h6,11,14H,1-2,7-8H2,3-5H3. The van der Waals surface area contributed by atoms with E-state index in [2.05, 4.69) is 13.2 Å². The summed E-state index contributed by atoms with van der Waals surface area (Å²) in [6, 6.07) is 0. The summed E-state index contributed by atoms with van der Waals surface area (Å²) in [7, 11) is 0. The maximum atomic E-state index is 11.5. The van der Waals surface area contributed by atoms with Crippen molar-refractivity contribution in [2.45, 2.75) is 39.7 Å². The van der Waals surface area contributed by atoms with Crippen LogP contribution in [0.5, 0.6) is 0 Å². The van der Waals surface area contributed by atoms with E-state index < -0.39 is 6.10 Å². The Hall–Kier alpha value is -0.890. The van der Waals surface area contributed by atoms with E-state index in [9.17, 15) is 9.90 Å². The predicted molar refractivity (Wildman–Crippen MR) is 59.0 cm³/mol. The minimum atomic E-state index is -0.705. The van der Waals surface area contributed by atoms with Crippen LogP contribution < -0.4 is 0 Å². The van der Waals surface area contributed by atoms with E-state index in [0.29, 0.717) is 12.0 Å². The van der Waals surface area contributed by atoms with Crippen LogP contribution >= 0.6 is 0 Å². The van der Waals surface area contributed by atoms with Crippen LogP contribution in [0, 0.1) is 5.41 Å². The highest BCUT2D eigenvalue weighted by Gasteiger charge is 2.20. The Bertz CT molecular complexity index is 239. The predicted octanol–water partition coefficient (Wildman–Crippen LogP) is 2.48. The molecule has 2 nitrogen and oxygen atoms in total. The van der Waals surface area contributed by atoms with Gasteiger partial charge >= 0.3 is 0 Å². The van der Waals surface area contributed by atoms with Gasteiger partial charge in [-0.3, -0.25) is 4.79 Å². The van der Waals surface area contributed by atoms with E-state index in [1.807, 2.05) is 13.8 Å². The van der Waals surface area contributed by atoms with E-state index in [1.54, 1.807) is 13.0 Å². The molecule has 0 spiro atoms. The highest BCUT2D eigenvalue weighted by Crippen LogP contribution is 2.23. The highest BCUT2D eigenvalue weighted by atomic mass is 16.3. The van der Waals surface area contributed by atoms with Crippen molar-refractivity contribution >= 4 is 5.78 Å². The number of allylic oxidation sites excluding steroid dienone is 1. The van der Waals surface area contributed by atoms with Gasteiger partial charge in [-0.15, -0.1) is 6.58 Å². The van der Waals surface area contributed by atoms with Crippen LogP contribution in [0.15, 0.2) is 24.8 Å². The van der Waals surface area contributed by atoms with Crippen molar-refractivity contribution in [2.75, 3.05) is 0 Å². The number of hydrogen-bond donors (Lipinski definition) is 1. The van der Waals surface area contributed by atoms with Crippen LogP contribution in [-0.2, 0) is 4.79 Å². The first-order valence-electron chi connectivity index (χ1n) is 4.77. The second kappa shape index (κ2) is 5.11. The topological polar surface area (TPSA) is 37.3 Å². The fraction of sp³-hybridized carbons (Fsp3) is 0.583. The van der Waals surface area contributed by atoms with Gasteiger partial charge < -0.3 is 5.11 Å². The molecule has 1 unspecified atom stereocenters. The molecule has 0 fully saturated rings. The monoisotopic (exact) mass is 196 g/mol. The maximum Gasteiger partial charge on any atom is 0.136 e. The molecule has 2 heteroatoms. The lowest BCUT2D eigenvalue weighted by Crippen LogP contribution is -2.19. The highest BCUT2D eigenvalue weighted by molar-refractivity contribution is 5.80. The average Bonchev–Trinajstić information content (AvgIpc) is 2.02. The number of carbonyl (C=O) groups excluding carboxylic acids is 1. The normalized spacial score (nSPS) is 13.4. The molecule has 0 aromatic heterocycles. The van der Waals surface area contributed by atoms with Crippen LogP contribution in [0.2, 0.25) is 0 Å². The summed E-state index contributed by atoms with van der Waals surface area (Å²) in [6.45, 7) is 12.9. The van der Waals surface area contributed by atoms with Gasteiger partial charge in [0.2, 0.25) is 0 Å². The van der Waals surface area contributed by atoms with Crippen molar-refractivity contribution in [2.24, 2.45) is 5.41 Å². The zero-order chi connectivity index (χ0) is 11.4. The van der Waals surface area contributed by atoms with Gasteiger partial charge in [0.15, 0.2) is 0 Å². The molecule has 0 radical (unpaired) electrons. The fourth-order valence-electron chi connectivity index (χ4n) is 1.04. The molecule has 0 heterocycles. The van der Waals surface area contributed by atoms with Gasteiger partial charge in [0, 0.05) is 12.8 Å². The summed E-state index contributed by atoms with van der Waals surface area (Å²) < 4.78 is 0. The molecule has 0 amide bonds. The Labute approximate surface area is 86.3 Å². The van der Waals surface area contributed by atoms with Gasteiger partial charge in [0.1, 0.15) is 5.78 Å². The largest absolute Gasteiger partial charge is 0.388 e. The van der Waals surface area contributed by atoms with Gasteiger partial charge in [0.05, 0.1) is 6.10 Å². The number of rotatable bonds is 6. The van der Waals surface area contributed by atoms with Crippen molar-refractivity contribution in [3.63, 3.8) is 0 Å². The molecule has 0 rings (SSSR count). The number of aliphatic hydroxyl groups is 1. The van der Waals surface area contributed by atoms with Crippen LogP contribution in [-0.4, -0.2) is 17.0 Å². The summed E-state index contributed by atoms with van der Waals surface area (Å²) >= 11 is 0. The first kappa shape index (κ1) is 13.1. The molecule has 0 aromatic carbocycles. The Morgan fingerprint density at radius 1 is 1.57 bits per heavy atom. The van der Waals surface area contributed by atoms with Crippen LogP contribution in [0.25, 0.3) is 0 Å². The van der Waals surface area contributed by atoms with Gasteiger partial charge in [-0.05, 0) is 12.3 Å². The van der Waals surface area contributed by atoms with Crippen molar-refractivity contribution in [1.82, 2.24) is 0 Å². The lowest BCUT2D eigenvalue weighted by Gasteiger charge is -2.19. The van der Waals surface area contributed by atoms with E-state index in [1.165, 1.54) is 0 Å². The third-order valence-electron chi connectivity index (χ3n) is 2.20. The maximum absolute atomic E-state index is 11.5. The molecule has 0 aliphatic carbocycles. The first-order chi connectivity index (χ1) is 6.28. The van der Waals surface area contributed by atoms with Crippen molar-refractivity contribution in [3.8, 4) is 0 Å². The molecule has 0 bridgehead atoms. The lowest BCUT2D eigenvalue weighted by atomic mass is 9.86. The third-order valence-corrected chi connectivity index (χ3v) is 2.20. The van der Waals surface area contributed by atoms with Crippen LogP contribution in [0.4, 0.5) is 0 Å². The average molecular weight is 196 g/mol. The van der Waals surface area contributed by atoms with E-state index in [0.717, 1.165) is 0 Å². The zero-order valence-corrected chi connectivity index (χ0v) is 9.34. The lowest BCUT2D eigenvalue weighted by molar-refractivity contribution is -0.121. The summed E-state index contributed by atoms with van der Waals surface area (Å²) in [5.74, 6) is 0.0467. The number of carbonyl (C=O) groups is 1. The van der Waals surface area contributed by atoms with Gasteiger partial charge in [-0.2, -0.15) is 0 Å². The minimum Gasteiger partial charge on any atom is -0.388 e. The summed E-state index contributed by atoms with van der Waals surface area (Å²) in [5, 5.41) is 9.42. The zero-order valence-electron chi connectivity index (χ0n) is 9.34. The van der Waals surface area contributed by atoms with Crippen LogP contribution in [0.3, 0.4) is 0 Å². The van der Waals surface area contributed by atoms with E-state index >= 15 is 0 Å². The molecular weight excluding hydrogens is 176 g/mol. The Morgan fingerprint density at radius 3 is 2.43 bits per heavy atom. The smallest absolute Gasteiger partial charge is 0.136 e. The molecule has 0 aliphatic rings. The number of Topliss-reactive ketones (excluding diaryl/α,β-unsaturated/α-hetero) is 1. The second-order valence-corrected chi connectivity index (χ2v) is 4.47. The molecule has 0 saturated carbocycles. The van der Waals surface area contributed by atoms with E-state index in [-0.39, 0.29) is 17.6 Å². The third kappa shape index (κ3) is 4.97. The summed E-state index contributed by atoms with van der Waals surface area (Å²) in [4.78, 5) is 11.5. The Kier molecular flexibility index (Phi) is 4.78. The van der Waals surface area contributed by atoms with Crippen LogP contribution in [0.1, 0.15) is 33.6 Å². The molecule has 1 N–H and O–H groups in total. The number of ketones is 1. The summed E-state index contributed by atoms with van der Waals surface area (Å²) in [6.07, 6.45) is 1.63. The molecule has 0 aromatic rings. The minimum absolute atomic E-state index is 0.0467. The Balaban J connectivity index is 4.12.